The summed E-state index contributed by atoms with van der Waals surface area (Å²) in [5.41, 5.74) is 3.87. The number of sulfonamides is 1. The fourth-order valence-electron chi connectivity index (χ4n) is 4.63. The van der Waals surface area contributed by atoms with Crippen LogP contribution in [0.2, 0.25) is 0 Å². The fraction of sp³-hybridized carbons (Fsp3) is 0.409. The van der Waals surface area contributed by atoms with Crippen LogP contribution in [0.1, 0.15) is 29.5 Å². The number of anilines is 1. The van der Waals surface area contributed by atoms with Crippen molar-refractivity contribution in [2.75, 3.05) is 24.6 Å². The average molecular weight is 429 g/mol. The van der Waals surface area contributed by atoms with Gasteiger partial charge in [0.05, 0.1) is 17.2 Å². The Morgan fingerprint density at radius 3 is 2.63 bits per heavy atom. The van der Waals surface area contributed by atoms with Gasteiger partial charge in [0.25, 0.3) is 0 Å². The number of hydrogen-bond donors (Lipinski definition) is 0. The van der Waals surface area contributed by atoms with E-state index in [4.69, 9.17) is 9.47 Å². The molecule has 0 bridgehead atoms. The van der Waals surface area contributed by atoms with Gasteiger partial charge in [-0.15, -0.1) is 0 Å². The molecule has 5 rings (SSSR count). The van der Waals surface area contributed by atoms with Crippen molar-refractivity contribution < 1.29 is 22.7 Å². The van der Waals surface area contributed by atoms with Gasteiger partial charge in [-0.25, -0.2) is 13.2 Å². The summed E-state index contributed by atoms with van der Waals surface area (Å²) in [5, 5.41) is 0. The summed E-state index contributed by atoms with van der Waals surface area (Å²) in [6.07, 6.45) is 1.51. The van der Waals surface area contributed by atoms with Crippen LogP contribution in [0.4, 0.5) is 10.5 Å². The Bertz CT molecular complexity index is 1110. The third kappa shape index (κ3) is 3.15. The lowest BCUT2D eigenvalue weighted by molar-refractivity contribution is 0.135. The number of piperidine rings is 1. The Labute approximate surface area is 176 Å². The number of nitrogens with zero attached hydrogens (tertiary/aromatic N) is 2. The van der Waals surface area contributed by atoms with Crippen LogP contribution in [0.25, 0.3) is 0 Å². The van der Waals surface area contributed by atoms with Crippen LogP contribution in [0, 0.1) is 6.92 Å². The summed E-state index contributed by atoms with van der Waals surface area (Å²) in [7, 11) is -3.58. The largest absolute Gasteiger partial charge is 0.493 e. The number of carbonyl (C=O) groups excluding carboxylic acids is 1. The molecule has 3 heterocycles. The summed E-state index contributed by atoms with van der Waals surface area (Å²) in [6.45, 7) is 3.59. The molecule has 0 aliphatic carbocycles. The monoisotopic (exact) mass is 428 g/mol. The first kappa shape index (κ1) is 19.4. The third-order valence-electron chi connectivity index (χ3n) is 6.20. The van der Waals surface area contributed by atoms with Gasteiger partial charge in [0.1, 0.15) is 12.4 Å². The minimum atomic E-state index is -3.58. The Morgan fingerprint density at radius 2 is 1.83 bits per heavy atom. The number of carbonyl (C=O) groups is 1. The van der Waals surface area contributed by atoms with Crippen molar-refractivity contribution in [3.8, 4) is 5.75 Å². The maximum atomic E-state index is 13.2. The zero-order valence-corrected chi connectivity index (χ0v) is 17.7. The summed E-state index contributed by atoms with van der Waals surface area (Å²) in [6, 6.07) is 10.9. The molecular weight excluding hydrogens is 404 g/mol. The van der Waals surface area contributed by atoms with Gasteiger partial charge < -0.3 is 9.47 Å². The smallest absolute Gasteiger partial charge is 0.414 e. The molecule has 2 aromatic rings. The van der Waals surface area contributed by atoms with Crippen LogP contribution in [-0.4, -0.2) is 44.6 Å². The van der Waals surface area contributed by atoms with Gasteiger partial charge in [-0.3, -0.25) is 4.90 Å². The zero-order valence-electron chi connectivity index (χ0n) is 16.8. The second kappa shape index (κ2) is 7.28. The summed E-state index contributed by atoms with van der Waals surface area (Å²) < 4.78 is 38.7. The van der Waals surface area contributed by atoms with Crippen LogP contribution in [0.5, 0.6) is 5.75 Å². The highest BCUT2D eigenvalue weighted by atomic mass is 32.2. The van der Waals surface area contributed by atoms with Gasteiger partial charge >= 0.3 is 6.09 Å². The first-order valence-corrected chi connectivity index (χ1v) is 11.7. The minimum Gasteiger partial charge on any atom is -0.493 e. The second-order valence-corrected chi connectivity index (χ2v) is 9.95. The number of rotatable bonds is 3. The molecule has 0 saturated carbocycles. The lowest BCUT2D eigenvalue weighted by atomic mass is 10.00. The van der Waals surface area contributed by atoms with Crippen molar-refractivity contribution in [2.24, 2.45) is 0 Å². The topological polar surface area (TPSA) is 76.2 Å². The second-order valence-electron chi connectivity index (χ2n) is 8.01. The Kier molecular flexibility index (Phi) is 4.71. The number of amides is 1. The van der Waals surface area contributed by atoms with Crippen LogP contribution in [0.3, 0.4) is 0 Å². The SMILES string of the molecule is Cc1cccc2c1N(C1CCN(S(=O)(=O)c3ccc4c(c3)CCO4)CC1)C(=O)OC2. The molecule has 8 heteroatoms. The molecule has 0 N–H and O–H groups in total. The zero-order chi connectivity index (χ0) is 20.9. The van der Waals surface area contributed by atoms with Crippen molar-refractivity contribution in [3.63, 3.8) is 0 Å². The lowest BCUT2D eigenvalue weighted by Crippen LogP contribution is -2.50. The molecule has 2 aromatic carbocycles. The van der Waals surface area contributed by atoms with E-state index in [1.807, 2.05) is 25.1 Å². The minimum absolute atomic E-state index is 0.0856. The maximum absolute atomic E-state index is 13.2. The van der Waals surface area contributed by atoms with Crippen molar-refractivity contribution >= 4 is 21.8 Å². The Hall–Kier alpha value is -2.58. The lowest BCUT2D eigenvalue weighted by Gasteiger charge is -2.40. The van der Waals surface area contributed by atoms with E-state index in [9.17, 15) is 13.2 Å². The number of para-hydroxylation sites is 1. The van der Waals surface area contributed by atoms with Crippen molar-refractivity contribution in [1.29, 1.82) is 0 Å². The first-order chi connectivity index (χ1) is 14.4. The molecule has 0 unspecified atom stereocenters. The summed E-state index contributed by atoms with van der Waals surface area (Å²) >= 11 is 0. The van der Waals surface area contributed by atoms with Crippen molar-refractivity contribution in [3.05, 3.63) is 53.1 Å². The van der Waals surface area contributed by atoms with Crippen LogP contribution < -0.4 is 9.64 Å². The molecule has 1 fully saturated rings. The Morgan fingerprint density at radius 1 is 1.03 bits per heavy atom. The fourth-order valence-corrected chi connectivity index (χ4v) is 6.15. The van der Waals surface area contributed by atoms with Crippen molar-refractivity contribution in [1.82, 2.24) is 4.31 Å². The number of aryl methyl sites for hydroxylation is 1. The molecule has 0 atom stereocenters. The molecular formula is C22H24N2O5S. The van der Waals surface area contributed by atoms with Gasteiger partial charge in [0.15, 0.2) is 0 Å². The highest BCUT2D eigenvalue weighted by molar-refractivity contribution is 7.89. The van der Waals surface area contributed by atoms with E-state index in [1.165, 1.54) is 4.31 Å². The molecule has 3 aliphatic rings. The normalized spacial score (nSPS) is 19.8. The van der Waals surface area contributed by atoms with Crippen molar-refractivity contribution in [2.45, 2.75) is 43.7 Å². The van der Waals surface area contributed by atoms with Crippen LogP contribution >= 0.6 is 0 Å². The van der Waals surface area contributed by atoms with Gasteiger partial charge in [0.2, 0.25) is 10.0 Å². The quantitative estimate of drug-likeness (QED) is 0.750. The summed E-state index contributed by atoms with van der Waals surface area (Å²) in [4.78, 5) is 14.6. The van der Waals surface area contributed by atoms with E-state index >= 15 is 0 Å². The van der Waals surface area contributed by atoms with Gasteiger partial charge in [0, 0.05) is 31.1 Å². The maximum Gasteiger partial charge on any atom is 0.414 e. The van der Waals surface area contributed by atoms with E-state index in [0.29, 0.717) is 37.4 Å². The number of hydrogen-bond acceptors (Lipinski definition) is 5. The highest BCUT2D eigenvalue weighted by Crippen LogP contribution is 2.36. The molecule has 3 aliphatic heterocycles. The predicted octanol–water partition coefficient (Wildman–Crippen LogP) is 3.24. The average Bonchev–Trinajstić information content (AvgIpc) is 3.22. The number of ether oxygens (including phenoxy) is 2. The molecule has 0 aromatic heterocycles. The highest BCUT2D eigenvalue weighted by Gasteiger charge is 2.37. The molecule has 7 nitrogen and oxygen atoms in total. The van der Waals surface area contributed by atoms with E-state index < -0.39 is 10.0 Å². The number of fused-ring (bicyclic) bond motifs is 2. The molecule has 1 amide bonds. The third-order valence-corrected chi connectivity index (χ3v) is 8.09. The van der Waals surface area contributed by atoms with E-state index in [0.717, 1.165) is 34.5 Å². The molecule has 0 radical (unpaired) electrons. The molecule has 158 valence electrons. The molecule has 30 heavy (non-hydrogen) atoms. The predicted molar refractivity (Wildman–Crippen MR) is 111 cm³/mol. The van der Waals surface area contributed by atoms with Gasteiger partial charge in [-0.2, -0.15) is 4.31 Å². The van der Waals surface area contributed by atoms with Gasteiger partial charge in [-0.1, -0.05) is 18.2 Å². The van der Waals surface area contributed by atoms with Crippen LogP contribution in [-0.2, 0) is 27.8 Å². The summed E-state index contributed by atoms with van der Waals surface area (Å²) in [5.74, 6) is 0.769. The van der Waals surface area contributed by atoms with E-state index in [2.05, 4.69) is 0 Å². The van der Waals surface area contributed by atoms with E-state index in [-0.39, 0.29) is 18.7 Å². The number of cyclic esters (lactones) is 1. The number of benzene rings is 2. The van der Waals surface area contributed by atoms with Crippen LogP contribution in [0.15, 0.2) is 41.3 Å². The first-order valence-electron chi connectivity index (χ1n) is 10.3. The Balaban J connectivity index is 1.35. The van der Waals surface area contributed by atoms with E-state index in [1.54, 1.807) is 23.1 Å². The van der Waals surface area contributed by atoms with Gasteiger partial charge in [-0.05, 0) is 49.1 Å². The molecule has 1 saturated heterocycles. The molecule has 0 spiro atoms. The standard InChI is InChI=1S/C22H24N2O5S/c1-15-3-2-4-17-14-29-22(25)24(21(15)17)18-7-10-23(11-8-18)30(26,27)19-5-6-20-16(13-19)9-12-28-20/h2-6,13,18H,7-12,14H2,1H3.